The molecule has 0 radical (unpaired) electrons. The van der Waals surface area contributed by atoms with Gasteiger partial charge < -0.3 is 10.3 Å². The molecular weight excluding hydrogens is 308 g/mol. The van der Waals surface area contributed by atoms with Gasteiger partial charge in [0.15, 0.2) is 0 Å². The average molecular weight is 324 g/mol. The van der Waals surface area contributed by atoms with Crippen molar-refractivity contribution in [3.63, 3.8) is 0 Å². The van der Waals surface area contributed by atoms with Crippen molar-refractivity contribution in [2.24, 2.45) is 0 Å². The first-order valence-corrected chi connectivity index (χ1v) is 8.43. The molecule has 2 heterocycles. The minimum absolute atomic E-state index is 0.00412. The summed E-state index contributed by atoms with van der Waals surface area (Å²) in [5.74, 6) is 0. The lowest BCUT2D eigenvalue weighted by atomic mass is 10.2. The minimum Gasteiger partial charge on any atom is -0.313 e. The van der Waals surface area contributed by atoms with E-state index >= 15 is 0 Å². The van der Waals surface area contributed by atoms with Crippen LogP contribution < -0.4 is 21.3 Å². The van der Waals surface area contributed by atoms with Crippen LogP contribution in [0.4, 0.5) is 0 Å². The number of hydrogen-bond acceptors (Lipinski definition) is 5. The van der Waals surface area contributed by atoms with Crippen LogP contribution in [0.25, 0.3) is 10.9 Å². The number of aromatic nitrogens is 2. The quantitative estimate of drug-likeness (QED) is 0.589. The van der Waals surface area contributed by atoms with Gasteiger partial charge in [0.25, 0.3) is 5.56 Å². The molecule has 0 amide bonds. The van der Waals surface area contributed by atoms with E-state index in [1.165, 1.54) is 18.2 Å². The maximum absolute atomic E-state index is 12.3. The molecule has 0 spiro atoms. The molecule has 3 rings (SSSR count). The van der Waals surface area contributed by atoms with Crippen LogP contribution in [-0.4, -0.2) is 37.5 Å². The molecule has 118 valence electrons. The van der Waals surface area contributed by atoms with E-state index in [2.05, 4.69) is 20.0 Å². The fourth-order valence-electron chi connectivity index (χ4n) is 2.54. The van der Waals surface area contributed by atoms with Crippen LogP contribution in [0.15, 0.2) is 32.7 Å². The number of hydrogen-bond donors (Lipinski definition) is 4. The summed E-state index contributed by atoms with van der Waals surface area (Å²) < 4.78 is 27.1. The van der Waals surface area contributed by atoms with Gasteiger partial charge in [0, 0.05) is 12.6 Å². The third-order valence-electron chi connectivity index (χ3n) is 3.70. The van der Waals surface area contributed by atoms with Crippen LogP contribution in [0.2, 0.25) is 0 Å². The summed E-state index contributed by atoms with van der Waals surface area (Å²) in [4.78, 5) is 27.5. The number of nitrogens with one attached hydrogen (secondary N) is 4. The number of benzene rings is 1. The van der Waals surface area contributed by atoms with Gasteiger partial charge in [-0.15, -0.1) is 0 Å². The first-order chi connectivity index (χ1) is 10.5. The second kappa shape index (κ2) is 5.67. The summed E-state index contributed by atoms with van der Waals surface area (Å²) in [5, 5.41) is 3.33. The Kier molecular flexibility index (Phi) is 3.85. The third kappa shape index (κ3) is 2.96. The zero-order valence-corrected chi connectivity index (χ0v) is 12.5. The van der Waals surface area contributed by atoms with Crippen molar-refractivity contribution in [3.8, 4) is 0 Å². The normalized spacial score (nSPS) is 18.8. The highest BCUT2D eigenvalue weighted by atomic mass is 32.2. The van der Waals surface area contributed by atoms with Crippen molar-refractivity contribution >= 4 is 20.9 Å². The van der Waals surface area contributed by atoms with Gasteiger partial charge >= 0.3 is 5.69 Å². The van der Waals surface area contributed by atoms with E-state index in [0.717, 1.165) is 19.4 Å². The molecule has 1 unspecified atom stereocenters. The Morgan fingerprint density at radius 3 is 2.77 bits per heavy atom. The van der Waals surface area contributed by atoms with Crippen LogP contribution in [-0.2, 0) is 10.0 Å². The van der Waals surface area contributed by atoms with Crippen LogP contribution >= 0.6 is 0 Å². The zero-order valence-electron chi connectivity index (χ0n) is 11.7. The molecule has 1 aromatic heterocycles. The molecule has 0 saturated carbocycles. The summed E-state index contributed by atoms with van der Waals surface area (Å²) in [5.41, 5.74) is -0.947. The smallest absolute Gasteiger partial charge is 0.313 e. The lowest BCUT2D eigenvalue weighted by Gasteiger charge is -2.12. The van der Waals surface area contributed by atoms with E-state index in [1.807, 2.05) is 0 Å². The maximum Gasteiger partial charge on any atom is 0.326 e. The largest absolute Gasteiger partial charge is 0.326 e. The molecule has 0 bridgehead atoms. The molecule has 8 nitrogen and oxygen atoms in total. The molecule has 22 heavy (non-hydrogen) atoms. The van der Waals surface area contributed by atoms with Gasteiger partial charge in [0.2, 0.25) is 10.0 Å². The van der Waals surface area contributed by atoms with Crippen molar-refractivity contribution in [1.29, 1.82) is 0 Å². The van der Waals surface area contributed by atoms with Gasteiger partial charge in [0.1, 0.15) is 0 Å². The summed E-state index contributed by atoms with van der Waals surface area (Å²) in [7, 11) is -3.70. The van der Waals surface area contributed by atoms with Gasteiger partial charge in [-0.3, -0.25) is 9.78 Å². The second-order valence-corrected chi connectivity index (χ2v) is 7.03. The number of fused-ring (bicyclic) bond motifs is 1. The number of sulfonamides is 1. The van der Waals surface area contributed by atoms with E-state index in [9.17, 15) is 18.0 Å². The lowest BCUT2D eigenvalue weighted by molar-refractivity contribution is 0.552. The molecule has 1 aromatic carbocycles. The van der Waals surface area contributed by atoms with Gasteiger partial charge in [0.05, 0.1) is 15.8 Å². The Hall–Kier alpha value is -1.97. The molecule has 1 atom stereocenters. The highest BCUT2D eigenvalue weighted by Crippen LogP contribution is 2.14. The van der Waals surface area contributed by atoms with Crippen molar-refractivity contribution < 1.29 is 8.42 Å². The monoisotopic (exact) mass is 324 g/mol. The van der Waals surface area contributed by atoms with Crippen molar-refractivity contribution in [3.05, 3.63) is 39.0 Å². The molecule has 4 N–H and O–H groups in total. The molecule has 1 fully saturated rings. The summed E-state index contributed by atoms with van der Waals surface area (Å²) in [6, 6.07) is 4.17. The van der Waals surface area contributed by atoms with E-state index in [0.29, 0.717) is 12.1 Å². The van der Waals surface area contributed by atoms with Crippen LogP contribution in [0, 0.1) is 0 Å². The van der Waals surface area contributed by atoms with E-state index < -0.39 is 21.3 Å². The zero-order chi connectivity index (χ0) is 15.7. The van der Waals surface area contributed by atoms with Gasteiger partial charge in [-0.25, -0.2) is 17.9 Å². The van der Waals surface area contributed by atoms with Crippen molar-refractivity contribution in [2.75, 3.05) is 13.1 Å². The highest BCUT2D eigenvalue weighted by Gasteiger charge is 2.19. The molecule has 0 aliphatic carbocycles. The summed E-state index contributed by atoms with van der Waals surface area (Å²) in [6.07, 6.45) is 1.96. The predicted octanol–water partition coefficient (Wildman–Crippen LogP) is -0.753. The number of aromatic amines is 2. The van der Waals surface area contributed by atoms with Crippen molar-refractivity contribution in [2.45, 2.75) is 23.8 Å². The number of rotatable bonds is 4. The average Bonchev–Trinajstić information content (AvgIpc) is 2.98. The SMILES string of the molecule is O=c1[nH]c(=O)c2cc(S(=O)(=O)NCC3CCCN3)ccc2[nH]1. The van der Waals surface area contributed by atoms with E-state index in [1.54, 1.807) is 0 Å². The number of H-pyrrole nitrogens is 2. The highest BCUT2D eigenvalue weighted by molar-refractivity contribution is 7.89. The predicted molar refractivity (Wildman–Crippen MR) is 81.4 cm³/mol. The van der Waals surface area contributed by atoms with Crippen LogP contribution in [0.1, 0.15) is 12.8 Å². The lowest BCUT2D eigenvalue weighted by Crippen LogP contribution is -2.37. The van der Waals surface area contributed by atoms with Gasteiger partial charge in [-0.2, -0.15) is 0 Å². The molecular formula is C13H16N4O4S. The second-order valence-electron chi connectivity index (χ2n) is 5.26. The van der Waals surface area contributed by atoms with E-state index in [-0.39, 0.29) is 16.3 Å². The third-order valence-corrected chi connectivity index (χ3v) is 5.12. The molecule has 9 heteroatoms. The van der Waals surface area contributed by atoms with Crippen LogP contribution in [0.5, 0.6) is 0 Å². The Morgan fingerprint density at radius 2 is 2.05 bits per heavy atom. The Balaban J connectivity index is 1.91. The van der Waals surface area contributed by atoms with Crippen molar-refractivity contribution in [1.82, 2.24) is 20.0 Å². The van der Waals surface area contributed by atoms with E-state index in [4.69, 9.17) is 0 Å². The topological polar surface area (TPSA) is 124 Å². The summed E-state index contributed by atoms with van der Waals surface area (Å²) in [6.45, 7) is 1.20. The standard InChI is InChI=1S/C13H16N4O4S/c18-12-10-6-9(3-4-11(10)16-13(19)17-12)22(20,21)15-7-8-2-1-5-14-8/h3-4,6,8,14-15H,1-2,5,7H2,(H2,16,17,18,19). The maximum atomic E-state index is 12.3. The first kappa shape index (κ1) is 14.9. The van der Waals surface area contributed by atoms with Gasteiger partial charge in [-0.05, 0) is 37.6 Å². The Labute approximate surface area is 126 Å². The molecule has 1 saturated heterocycles. The fraction of sp³-hybridized carbons (Fsp3) is 0.385. The molecule has 1 aliphatic heterocycles. The Morgan fingerprint density at radius 1 is 1.23 bits per heavy atom. The van der Waals surface area contributed by atoms with Crippen LogP contribution in [0.3, 0.4) is 0 Å². The fourth-order valence-corrected chi connectivity index (χ4v) is 3.64. The van der Waals surface area contributed by atoms with Gasteiger partial charge in [-0.1, -0.05) is 0 Å². The minimum atomic E-state index is -3.70. The first-order valence-electron chi connectivity index (χ1n) is 6.95. The molecule has 2 aromatic rings. The Bertz CT molecular complexity index is 910. The molecule has 1 aliphatic rings. The summed E-state index contributed by atoms with van der Waals surface area (Å²) >= 11 is 0.